The Labute approximate surface area is 167 Å². The van der Waals surface area contributed by atoms with Gasteiger partial charge in [-0.25, -0.2) is 4.79 Å². The number of nitrogens with one attached hydrogen (secondary N) is 2. The molecule has 0 aromatic heterocycles. The molecule has 0 saturated carbocycles. The monoisotopic (exact) mass is 379 g/mol. The average Bonchev–Trinajstić information content (AvgIpc) is 3.24. The van der Waals surface area contributed by atoms with Crippen LogP contribution in [0.1, 0.15) is 31.4 Å². The molecule has 1 atom stereocenters. The smallest absolute Gasteiger partial charge is 0.317 e. The van der Waals surface area contributed by atoms with E-state index in [4.69, 9.17) is 0 Å². The predicted molar refractivity (Wildman–Crippen MR) is 111 cm³/mol. The van der Waals surface area contributed by atoms with E-state index >= 15 is 0 Å². The molecular formula is C23H29N3O2. The lowest BCUT2D eigenvalue weighted by Gasteiger charge is -2.32. The molecule has 0 spiro atoms. The summed E-state index contributed by atoms with van der Waals surface area (Å²) in [6.45, 7) is 6.26. The van der Waals surface area contributed by atoms with Gasteiger partial charge in [0, 0.05) is 31.6 Å². The van der Waals surface area contributed by atoms with Gasteiger partial charge in [0.1, 0.15) is 0 Å². The maximum Gasteiger partial charge on any atom is 0.317 e. The molecule has 0 aliphatic carbocycles. The maximum atomic E-state index is 12.8. The molecule has 28 heavy (non-hydrogen) atoms. The van der Waals surface area contributed by atoms with Crippen LogP contribution in [0, 0.1) is 5.92 Å². The number of carbonyl (C=O) groups is 2. The summed E-state index contributed by atoms with van der Waals surface area (Å²) in [5.41, 5.74) is 1.97. The summed E-state index contributed by atoms with van der Waals surface area (Å²) in [6.07, 6.45) is 0.716. The molecule has 2 aromatic rings. The number of hydrogen-bond acceptors (Lipinski definition) is 2. The topological polar surface area (TPSA) is 61.4 Å². The summed E-state index contributed by atoms with van der Waals surface area (Å²) in [5.74, 6) is -0.0726. The van der Waals surface area contributed by atoms with E-state index in [1.807, 2.05) is 43.3 Å². The van der Waals surface area contributed by atoms with Gasteiger partial charge in [0.05, 0.1) is 5.92 Å². The molecule has 5 nitrogen and oxygen atoms in total. The van der Waals surface area contributed by atoms with Crippen molar-refractivity contribution in [1.29, 1.82) is 0 Å². The van der Waals surface area contributed by atoms with E-state index < -0.39 is 0 Å². The Morgan fingerprint density at radius 3 is 2.11 bits per heavy atom. The molecule has 1 aliphatic rings. The summed E-state index contributed by atoms with van der Waals surface area (Å²) in [5, 5.41) is 5.96. The van der Waals surface area contributed by atoms with Gasteiger partial charge in [-0.2, -0.15) is 0 Å². The second-order valence-electron chi connectivity index (χ2n) is 7.55. The number of rotatable bonds is 6. The van der Waals surface area contributed by atoms with Gasteiger partial charge >= 0.3 is 6.03 Å². The normalized spacial score (nSPS) is 16.6. The molecule has 1 unspecified atom stereocenters. The maximum absolute atomic E-state index is 12.8. The summed E-state index contributed by atoms with van der Waals surface area (Å²) in [6, 6.07) is 20.4. The lowest BCUT2D eigenvalue weighted by atomic mass is 9.76. The minimum Gasteiger partial charge on any atom is -0.356 e. The van der Waals surface area contributed by atoms with Crippen molar-refractivity contribution < 1.29 is 9.59 Å². The van der Waals surface area contributed by atoms with Crippen LogP contribution in [0.2, 0.25) is 0 Å². The summed E-state index contributed by atoms with van der Waals surface area (Å²) in [4.78, 5) is 26.5. The summed E-state index contributed by atoms with van der Waals surface area (Å²) >= 11 is 0. The number of likely N-dealkylation sites (tertiary alicyclic amines) is 1. The number of urea groups is 1. The molecule has 1 aliphatic heterocycles. The zero-order valence-electron chi connectivity index (χ0n) is 16.7. The fourth-order valence-electron chi connectivity index (χ4n) is 3.82. The van der Waals surface area contributed by atoms with Crippen molar-refractivity contribution in [3.63, 3.8) is 0 Å². The third-order valence-corrected chi connectivity index (χ3v) is 5.61. The third-order valence-electron chi connectivity index (χ3n) is 5.61. The van der Waals surface area contributed by atoms with E-state index in [1.165, 1.54) is 0 Å². The quantitative estimate of drug-likeness (QED) is 0.810. The molecule has 3 rings (SSSR count). The molecule has 2 aromatic carbocycles. The van der Waals surface area contributed by atoms with E-state index in [0.717, 1.165) is 11.1 Å². The van der Waals surface area contributed by atoms with Gasteiger partial charge in [0.2, 0.25) is 5.91 Å². The molecule has 1 fully saturated rings. The highest BCUT2D eigenvalue weighted by Crippen LogP contribution is 2.31. The lowest BCUT2D eigenvalue weighted by Crippen LogP contribution is -2.45. The molecule has 1 saturated heterocycles. The molecule has 5 heteroatoms. The SMILES string of the molecule is CCNC(=O)C1CCN(C(=O)NCC(C)(c2ccccc2)c2ccccc2)C1. The van der Waals surface area contributed by atoms with Crippen LogP contribution < -0.4 is 10.6 Å². The number of amides is 3. The van der Waals surface area contributed by atoms with Crippen LogP contribution in [0.3, 0.4) is 0 Å². The van der Waals surface area contributed by atoms with Crippen LogP contribution >= 0.6 is 0 Å². The van der Waals surface area contributed by atoms with Crippen LogP contribution in [-0.4, -0.2) is 43.0 Å². The van der Waals surface area contributed by atoms with Crippen molar-refractivity contribution in [2.45, 2.75) is 25.7 Å². The Bertz CT molecular complexity index is 753. The standard InChI is InChI=1S/C23H29N3O2/c1-3-24-21(27)18-14-15-26(16-18)22(28)25-17-23(2,19-10-6-4-7-11-19)20-12-8-5-9-13-20/h4-13,18H,3,14-17H2,1-2H3,(H,24,27)(H,25,28). The van der Waals surface area contributed by atoms with Crippen molar-refractivity contribution in [2.24, 2.45) is 5.92 Å². The number of hydrogen-bond donors (Lipinski definition) is 2. The van der Waals surface area contributed by atoms with Gasteiger partial charge in [-0.05, 0) is 31.4 Å². The van der Waals surface area contributed by atoms with Crippen molar-refractivity contribution >= 4 is 11.9 Å². The Morgan fingerprint density at radius 2 is 1.57 bits per heavy atom. The van der Waals surface area contributed by atoms with E-state index in [0.29, 0.717) is 32.6 Å². The van der Waals surface area contributed by atoms with Gasteiger partial charge < -0.3 is 15.5 Å². The summed E-state index contributed by atoms with van der Waals surface area (Å²) in [7, 11) is 0. The van der Waals surface area contributed by atoms with Crippen LogP contribution in [0.25, 0.3) is 0 Å². The first-order valence-corrected chi connectivity index (χ1v) is 9.96. The molecule has 0 radical (unpaired) electrons. The van der Waals surface area contributed by atoms with Gasteiger partial charge in [-0.15, -0.1) is 0 Å². The zero-order valence-corrected chi connectivity index (χ0v) is 16.7. The molecule has 2 N–H and O–H groups in total. The average molecular weight is 380 g/mol. The van der Waals surface area contributed by atoms with Crippen LogP contribution in [0.4, 0.5) is 4.79 Å². The van der Waals surface area contributed by atoms with Crippen LogP contribution in [-0.2, 0) is 10.2 Å². The number of carbonyl (C=O) groups excluding carboxylic acids is 2. The van der Waals surface area contributed by atoms with E-state index in [-0.39, 0.29) is 23.3 Å². The Hall–Kier alpha value is -2.82. The van der Waals surface area contributed by atoms with Gasteiger partial charge in [-0.3, -0.25) is 4.79 Å². The number of benzene rings is 2. The molecule has 1 heterocycles. The first-order chi connectivity index (χ1) is 13.5. The minimum atomic E-state index is -0.336. The van der Waals surface area contributed by atoms with Crippen LogP contribution in [0.15, 0.2) is 60.7 Å². The van der Waals surface area contributed by atoms with Crippen molar-refractivity contribution in [3.8, 4) is 0 Å². The zero-order chi connectivity index (χ0) is 20.0. The van der Waals surface area contributed by atoms with Gasteiger partial charge in [0.15, 0.2) is 0 Å². The second kappa shape index (κ2) is 8.91. The van der Waals surface area contributed by atoms with E-state index in [9.17, 15) is 9.59 Å². The third kappa shape index (κ3) is 4.35. The van der Waals surface area contributed by atoms with Crippen LogP contribution in [0.5, 0.6) is 0 Å². The fraction of sp³-hybridized carbons (Fsp3) is 0.391. The Kier molecular flexibility index (Phi) is 6.34. The number of nitrogens with zero attached hydrogens (tertiary/aromatic N) is 1. The predicted octanol–water partition coefficient (Wildman–Crippen LogP) is 3.16. The fourth-order valence-corrected chi connectivity index (χ4v) is 3.82. The van der Waals surface area contributed by atoms with Crippen molar-refractivity contribution in [2.75, 3.05) is 26.2 Å². The highest BCUT2D eigenvalue weighted by molar-refractivity contribution is 5.81. The van der Waals surface area contributed by atoms with Crippen molar-refractivity contribution in [3.05, 3.63) is 71.8 Å². The largest absolute Gasteiger partial charge is 0.356 e. The van der Waals surface area contributed by atoms with E-state index in [1.54, 1.807) is 4.90 Å². The Balaban J connectivity index is 1.69. The molecular weight excluding hydrogens is 350 g/mol. The first-order valence-electron chi connectivity index (χ1n) is 9.96. The summed E-state index contributed by atoms with van der Waals surface area (Å²) < 4.78 is 0. The van der Waals surface area contributed by atoms with Gasteiger partial charge in [-0.1, -0.05) is 60.7 Å². The highest BCUT2D eigenvalue weighted by atomic mass is 16.2. The minimum absolute atomic E-state index is 0.0382. The Morgan fingerprint density at radius 1 is 1.00 bits per heavy atom. The lowest BCUT2D eigenvalue weighted by molar-refractivity contribution is -0.124. The molecule has 148 valence electrons. The second-order valence-corrected chi connectivity index (χ2v) is 7.55. The molecule has 0 bridgehead atoms. The first kappa shape index (κ1) is 19.9. The molecule has 3 amide bonds. The van der Waals surface area contributed by atoms with Gasteiger partial charge in [0.25, 0.3) is 0 Å². The van der Waals surface area contributed by atoms with Crippen molar-refractivity contribution in [1.82, 2.24) is 15.5 Å². The van der Waals surface area contributed by atoms with E-state index in [2.05, 4.69) is 41.8 Å². The highest BCUT2D eigenvalue weighted by Gasteiger charge is 2.33.